The summed E-state index contributed by atoms with van der Waals surface area (Å²) in [6, 6.07) is 9.56. The Morgan fingerprint density at radius 1 is 1.23 bits per heavy atom. The van der Waals surface area contributed by atoms with E-state index in [9.17, 15) is 22.4 Å². The standard InChI is InChI=1S/C28H33FN4O5S/c1-17(2)16-38-21-11-19(10-20(29)12-21)24-8-7-23(26(31-24)33-15-18(3)13-28(33,4)5)27(35)32-39(36,37)22-6-9-25(34)30-14-22/h6-12,14,17-18H,13,15-16H2,1-5H3,(H,30,34)(H,32,35). The molecule has 4 rings (SSSR count). The normalized spacial score (nSPS) is 16.9. The summed E-state index contributed by atoms with van der Waals surface area (Å²) >= 11 is 0. The molecule has 1 unspecified atom stereocenters. The van der Waals surface area contributed by atoms with Crippen molar-refractivity contribution in [2.45, 2.75) is 51.5 Å². The number of rotatable bonds is 8. The third-order valence-electron chi connectivity index (χ3n) is 6.49. The van der Waals surface area contributed by atoms with E-state index >= 15 is 0 Å². The van der Waals surface area contributed by atoms with Crippen molar-refractivity contribution in [3.8, 4) is 17.0 Å². The van der Waals surface area contributed by atoms with Crippen LogP contribution in [0.1, 0.15) is 51.4 Å². The Bertz CT molecular complexity index is 1530. The second-order valence-corrected chi connectivity index (χ2v) is 12.7. The van der Waals surface area contributed by atoms with Crippen molar-refractivity contribution in [3.05, 3.63) is 70.4 Å². The van der Waals surface area contributed by atoms with Crippen LogP contribution in [0.3, 0.4) is 0 Å². The third kappa shape index (κ3) is 6.47. The summed E-state index contributed by atoms with van der Waals surface area (Å²) in [7, 11) is -4.27. The SMILES string of the molecule is CC(C)COc1cc(F)cc(-c2ccc(C(=O)NS(=O)(=O)c3ccc(=O)[nH]c3)c(N3CC(C)CC3(C)C)n2)c1. The number of anilines is 1. The molecule has 2 aromatic heterocycles. The van der Waals surface area contributed by atoms with Gasteiger partial charge in [-0.15, -0.1) is 0 Å². The number of nitrogens with zero attached hydrogens (tertiary/aromatic N) is 2. The van der Waals surface area contributed by atoms with Gasteiger partial charge in [-0.2, -0.15) is 0 Å². The number of pyridine rings is 2. The van der Waals surface area contributed by atoms with Gasteiger partial charge < -0.3 is 14.6 Å². The fraction of sp³-hybridized carbons (Fsp3) is 0.393. The first-order valence-electron chi connectivity index (χ1n) is 12.7. The van der Waals surface area contributed by atoms with E-state index in [1.54, 1.807) is 12.1 Å². The number of halogens is 1. The topological polar surface area (TPSA) is 121 Å². The number of carbonyl (C=O) groups excluding carboxylic acids is 1. The average Bonchev–Trinajstić information content (AvgIpc) is 3.13. The molecule has 1 aromatic carbocycles. The molecule has 3 heterocycles. The molecule has 1 amide bonds. The zero-order chi connectivity index (χ0) is 28.5. The summed E-state index contributed by atoms with van der Waals surface area (Å²) in [6.45, 7) is 11.2. The number of carbonyl (C=O) groups is 1. The van der Waals surface area contributed by atoms with E-state index < -0.39 is 27.3 Å². The summed E-state index contributed by atoms with van der Waals surface area (Å²) < 4.78 is 48.1. The zero-order valence-electron chi connectivity index (χ0n) is 22.6. The van der Waals surface area contributed by atoms with E-state index in [0.29, 0.717) is 41.9 Å². The maximum absolute atomic E-state index is 14.5. The Morgan fingerprint density at radius 2 is 1.97 bits per heavy atom. The monoisotopic (exact) mass is 556 g/mol. The van der Waals surface area contributed by atoms with Crippen LogP contribution < -0.4 is 19.9 Å². The highest BCUT2D eigenvalue weighted by Gasteiger charge is 2.39. The van der Waals surface area contributed by atoms with Gasteiger partial charge in [0.1, 0.15) is 22.3 Å². The Kier molecular flexibility index (Phi) is 7.83. The molecule has 0 bridgehead atoms. The van der Waals surface area contributed by atoms with Gasteiger partial charge in [0.2, 0.25) is 5.56 Å². The molecule has 2 N–H and O–H groups in total. The lowest BCUT2D eigenvalue weighted by molar-refractivity contribution is 0.0981. The van der Waals surface area contributed by atoms with Crippen LogP contribution in [0.5, 0.6) is 5.75 Å². The maximum atomic E-state index is 14.5. The van der Waals surface area contributed by atoms with Crippen LogP contribution in [0, 0.1) is 17.7 Å². The lowest BCUT2D eigenvalue weighted by Gasteiger charge is -2.34. The number of aromatic amines is 1. The van der Waals surface area contributed by atoms with E-state index in [1.807, 2.05) is 32.6 Å². The first-order chi connectivity index (χ1) is 18.2. The van der Waals surface area contributed by atoms with Crippen molar-refractivity contribution >= 4 is 21.7 Å². The third-order valence-corrected chi connectivity index (χ3v) is 7.82. The quantitative estimate of drug-likeness (QED) is 0.423. The van der Waals surface area contributed by atoms with Gasteiger partial charge in [-0.25, -0.2) is 22.5 Å². The molecular weight excluding hydrogens is 523 g/mol. The Hall–Kier alpha value is -3.73. The summed E-state index contributed by atoms with van der Waals surface area (Å²) in [5.74, 6) is -0.136. The molecule has 0 saturated carbocycles. The number of benzene rings is 1. The van der Waals surface area contributed by atoms with Crippen LogP contribution in [0.15, 0.2) is 58.4 Å². The van der Waals surface area contributed by atoms with E-state index in [0.717, 1.165) is 24.8 Å². The molecule has 1 aliphatic rings. The highest BCUT2D eigenvalue weighted by Crippen LogP contribution is 2.38. The van der Waals surface area contributed by atoms with Gasteiger partial charge in [0, 0.05) is 36.0 Å². The molecule has 3 aromatic rings. The lowest BCUT2D eigenvalue weighted by Crippen LogP contribution is -2.41. The summed E-state index contributed by atoms with van der Waals surface area (Å²) in [5, 5.41) is 0. The Labute approximate surface area is 227 Å². The lowest BCUT2D eigenvalue weighted by atomic mass is 9.97. The van der Waals surface area contributed by atoms with Gasteiger partial charge in [0.15, 0.2) is 0 Å². The molecule has 0 spiro atoms. The molecule has 39 heavy (non-hydrogen) atoms. The number of amides is 1. The minimum Gasteiger partial charge on any atom is -0.493 e. The number of ether oxygens (including phenoxy) is 1. The predicted octanol–water partition coefficient (Wildman–Crippen LogP) is 4.35. The van der Waals surface area contributed by atoms with Crippen molar-refractivity contribution < 1.29 is 22.3 Å². The number of aromatic nitrogens is 2. The number of H-pyrrole nitrogens is 1. The van der Waals surface area contributed by atoms with Gasteiger partial charge in [-0.1, -0.05) is 20.8 Å². The minimum absolute atomic E-state index is 0.0570. The van der Waals surface area contributed by atoms with E-state index in [2.05, 4.69) is 16.6 Å². The van der Waals surface area contributed by atoms with Gasteiger partial charge in [0.25, 0.3) is 15.9 Å². The fourth-order valence-corrected chi connectivity index (χ4v) is 5.74. The van der Waals surface area contributed by atoms with Crippen LogP contribution in [-0.4, -0.2) is 43.0 Å². The number of nitrogens with one attached hydrogen (secondary N) is 2. The van der Waals surface area contributed by atoms with Gasteiger partial charge in [-0.3, -0.25) is 9.59 Å². The van der Waals surface area contributed by atoms with Gasteiger partial charge in [0.05, 0.1) is 17.9 Å². The highest BCUT2D eigenvalue weighted by atomic mass is 32.2. The van der Waals surface area contributed by atoms with Crippen LogP contribution in [-0.2, 0) is 10.0 Å². The molecule has 1 saturated heterocycles. The molecule has 208 valence electrons. The average molecular weight is 557 g/mol. The van der Waals surface area contributed by atoms with Gasteiger partial charge in [-0.05, 0) is 62.4 Å². The molecule has 1 fully saturated rings. The summed E-state index contributed by atoms with van der Waals surface area (Å²) in [5.41, 5.74) is 0.0948. The van der Waals surface area contributed by atoms with Crippen molar-refractivity contribution in [1.29, 1.82) is 0 Å². The molecule has 0 aliphatic carbocycles. The second kappa shape index (κ2) is 10.8. The molecule has 9 nitrogen and oxygen atoms in total. The fourth-order valence-electron chi connectivity index (χ4n) is 4.81. The van der Waals surface area contributed by atoms with E-state index in [-0.39, 0.29) is 21.9 Å². The van der Waals surface area contributed by atoms with Crippen molar-refractivity contribution in [1.82, 2.24) is 14.7 Å². The number of hydrogen-bond donors (Lipinski definition) is 2. The first-order valence-corrected chi connectivity index (χ1v) is 14.2. The molecule has 0 radical (unpaired) electrons. The minimum atomic E-state index is -4.27. The molecule has 1 aliphatic heterocycles. The first kappa shape index (κ1) is 28.3. The largest absolute Gasteiger partial charge is 0.493 e. The zero-order valence-corrected chi connectivity index (χ0v) is 23.4. The van der Waals surface area contributed by atoms with Crippen LogP contribution in [0.4, 0.5) is 10.2 Å². The van der Waals surface area contributed by atoms with Crippen LogP contribution >= 0.6 is 0 Å². The highest BCUT2D eigenvalue weighted by molar-refractivity contribution is 7.90. The number of hydrogen-bond acceptors (Lipinski definition) is 7. The van der Waals surface area contributed by atoms with Gasteiger partial charge >= 0.3 is 0 Å². The maximum Gasteiger partial charge on any atom is 0.268 e. The molecular formula is C28H33FN4O5S. The Balaban J connectivity index is 1.76. The smallest absolute Gasteiger partial charge is 0.268 e. The van der Waals surface area contributed by atoms with E-state index in [1.165, 1.54) is 18.2 Å². The second-order valence-electron chi connectivity index (χ2n) is 11.0. The predicted molar refractivity (Wildman–Crippen MR) is 147 cm³/mol. The van der Waals surface area contributed by atoms with Crippen molar-refractivity contribution in [3.63, 3.8) is 0 Å². The Morgan fingerprint density at radius 3 is 2.59 bits per heavy atom. The van der Waals surface area contributed by atoms with Crippen LogP contribution in [0.25, 0.3) is 11.3 Å². The van der Waals surface area contributed by atoms with Crippen molar-refractivity contribution in [2.24, 2.45) is 11.8 Å². The molecule has 11 heteroatoms. The van der Waals surface area contributed by atoms with Crippen molar-refractivity contribution in [2.75, 3.05) is 18.1 Å². The number of sulfonamides is 1. The molecule has 1 atom stereocenters. The van der Waals surface area contributed by atoms with Crippen LogP contribution in [0.2, 0.25) is 0 Å². The summed E-state index contributed by atoms with van der Waals surface area (Å²) in [4.78, 5) is 33.5. The van der Waals surface area contributed by atoms with E-state index in [4.69, 9.17) is 9.72 Å². The summed E-state index contributed by atoms with van der Waals surface area (Å²) in [6.07, 6.45) is 1.86.